The molecule has 0 aliphatic carbocycles. The highest BCUT2D eigenvalue weighted by Gasteiger charge is 2.21. The molecular formula is C27H32N2O3S. The largest absolute Gasteiger partial charge is 0.346 e. The molecule has 1 amide bonds. The lowest BCUT2D eigenvalue weighted by atomic mass is 9.86. The second-order valence-corrected chi connectivity index (χ2v) is 11.4. The van der Waals surface area contributed by atoms with Gasteiger partial charge in [0, 0.05) is 12.6 Å². The molecule has 174 valence electrons. The maximum atomic E-state index is 12.9. The molecule has 0 radical (unpaired) electrons. The summed E-state index contributed by atoms with van der Waals surface area (Å²) in [5.41, 5.74) is 4.29. The summed E-state index contributed by atoms with van der Waals surface area (Å²) in [5, 5.41) is 3.01. The van der Waals surface area contributed by atoms with E-state index in [0.717, 1.165) is 11.1 Å². The Hall–Kier alpha value is -3.12. The molecule has 0 heterocycles. The van der Waals surface area contributed by atoms with Crippen molar-refractivity contribution in [2.75, 3.05) is 11.4 Å². The molecule has 0 saturated heterocycles. The molecule has 6 heteroatoms. The Kier molecular flexibility index (Phi) is 6.98. The third-order valence-corrected chi connectivity index (χ3v) is 7.60. The van der Waals surface area contributed by atoms with Gasteiger partial charge in [-0.15, -0.1) is 0 Å². The van der Waals surface area contributed by atoms with Gasteiger partial charge in [0.25, 0.3) is 15.9 Å². The molecule has 0 unspecified atom stereocenters. The van der Waals surface area contributed by atoms with E-state index < -0.39 is 10.0 Å². The van der Waals surface area contributed by atoms with Crippen molar-refractivity contribution in [1.82, 2.24) is 5.32 Å². The van der Waals surface area contributed by atoms with Crippen molar-refractivity contribution < 1.29 is 13.2 Å². The van der Waals surface area contributed by atoms with E-state index in [1.165, 1.54) is 16.9 Å². The van der Waals surface area contributed by atoms with Crippen LogP contribution in [0.5, 0.6) is 0 Å². The van der Waals surface area contributed by atoms with Gasteiger partial charge in [-0.05, 0) is 66.8 Å². The predicted octanol–water partition coefficient (Wildman–Crippen LogP) is 5.61. The number of aryl methyl sites for hydroxylation is 1. The Labute approximate surface area is 197 Å². The van der Waals surface area contributed by atoms with Crippen molar-refractivity contribution in [2.24, 2.45) is 0 Å². The fourth-order valence-corrected chi connectivity index (χ4v) is 4.66. The van der Waals surface area contributed by atoms with Gasteiger partial charge in [0.05, 0.1) is 16.6 Å². The van der Waals surface area contributed by atoms with Crippen LogP contribution in [0, 0.1) is 6.92 Å². The number of carbonyl (C=O) groups excluding carboxylic acids is 1. The lowest BCUT2D eigenvalue weighted by Crippen LogP contribution is -2.28. The first-order chi connectivity index (χ1) is 15.4. The molecule has 3 aromatic carbocycles. The summed E-state index contributed by atoms with van der Waals surface area (Å²) >= 11 is 0. The van der Waals surface area contributed by atoms with Gasteiger partial charge < -0.3 is 5.32 Å². The summed E-state index contributed by atoms with van der Waals surface area (Å²) in [6.45, 7) is 10.4. The number of hydrogen-bond acceptors (Lipinski definition) is 3. The van der Waals surface area contributed by atoms with E-state index in [1.54, 1.807) is 48.5 Å². The number of sulfonamides is 1. The van der Waals surface area contributed by atoms with E-state index in [0.29, 0.717) is 11.3 Å². The van der Waals surface area contributed by atoms with E-state index in [4.69, 9.17) is 0 Å². The molecule has 0 saturated carbocycles. The monoisotopic (exact) mass is 464 g/mol. The minimum Gasteiger partial charge on any atom is -0.346 e. The van der Waals surface area contributed by atoms with Crippen molar-refractivity contribution in [3.05, 3.63) is 95.1 Å². The van der Waals surface area contributed by atoms with E-state index >= 15 is 0 Å². The lowest BCUT2D eigenvalue weighted by Gasteiger charge is -2.21. The number of carbonyl (C=O) groups is 1. The van der Waals surface area contributed by atoms with Crippen molar-refractivity contribution in [2.45, 2.75) is 51.0 Å². The van der Waals surface area contributed by atoms with Crippen molar-refractivity contribution in [3.8, 4) is 0 Å². The van der Waals surface area contributed by atoms with Crippen LogP contribution in [0.4, 0.5) is 5.69 Å². The van der Waals surface area contributed by atoms with Crippen LogP contribution in [0.25, 0.3) is 0 Å². The zero-order chi connectivity index (χ0) is 24.4. The third kappa shape index (κ3) is 5.63. The fraction of sp³-hybridized carbons (Fsp3) is 0.296. The summed E-state index contributed by atoms with van der Waals surface area (Å²) in [5.74, 6) is -0.210. The maximum absolute atomic E-state index is 12.9. The highest BCUT2D eigenvalue weighted by Crippen LogP contribution is 2.25. The second-order valence-electron chi connectivity index (χ2n) is 9.40. The number of nitrogens with one attached hydrogen (secondary N) is 1. The van der Waals surface area contributed by atoms with Gasteiger partial charge in [-0.3, -0.25) is 9.10 Å². The maximum Gasteiger partial charge on any atom is 0.264 e. The summed E-state index contributed by atoms with van der Waals surface area (Å²) < 4.78 is 27.0. The second kappa shape index (κ2) is 9.40. The van der Waals surface area contributed by atoms with Gasteiger partial charge >= 0.3 is 0 Å². The highest BCUT2D eigenvalue weighted by atomic mass is 32.2. The normalized spacial score (nSPS) is 12.8. The van der Waals surface area contributed by atoms with Gasteiger partial charge in [0.15, 0.2) is 0 Å². The minimum absolute atomic E-state index is 0.0762. The van der Waals surface area contributed by atoms with Crippen LogP contribution >= 0.6 is 0 Å². The number of anilines is 1. The van der Waals surface area contributed by atoms with E-state index in [9.17, 15) is 13.2 Å². The summed E-state index contributed by atoms with van der Waals surface area (Å²) in [4.78, 5) is 13.0. The number of benzene rings is 3. The smallest absolute Gasteiger partial charge is 0.264 e. The number of nitrogens with zero attached hydrogens (tertiary/aromatic N) is 1. The molecule has 1 atom stereocenters. The molecule has 0 spiro atoms. The average molecular weight is 465 g/mol. The highest BCUT2D eigenvalue weighted by molar-refractivity contribution is 7.92. The Morgan fingerprint density at radius 1 is 0.879 bits per heavy atom. The fourth-order valence-electron chi connectivity index (χ4n) is 3.46. The zero-order valence-corrected chi connectivity index (χ0v) is 20.9. The standard InChI is InChI=1S/C27H32N2O3S/c1-19-7-17-25(18-8-19)33(31,32)29(6)24-15-11-22(12-16-24)26(30)28-20(2)21-9-13-23(14-10-21)27(3,4)5/h7-18,20H,1-6H3,(H,28,30)/t20-/m1/s1. The first kappa shape index (κ1) is 24.5. The Balaban J connectivity index is 1.70. The molecule has 0 aliphatic rings. The van der Waals surface area contributed by atoms with Crippen molar-refractivity contribution >= 4 is 21.6 Å². The molecule has 3 rings (SSSR count). The van der Waals surface area contributed by atoms with Crippen LogP contribution in [0.15, 0.2) is 77.7 Å². The molecular weight excluding hydrogens is 432 g/mol. The zero-order valence-electron chi connectivity index (χ0n) is 20.1. The molecule has 3 aromatic rings. The first-order valence-electron chi connectivity index (χ1n) is 11.0. The quantitative estimate of drug-likeness (QED) is 0.516. The summed E-state index contributed by atoms with van der Waals surface area (Å²) in [6.07, 6.45) is 0. The van der Waals surface area contributed by atoms with Crippen molar-refractivity contribution in [1.29, 1.82) is 0 Å². The Morgan fingerprint density at radius 3 is 1.94 bits per heavy atom. The lowest BCUT2D eigenvalue weighted by molar-refractivity contribution is 0.0940. The number of hydrogen-bond donors (Lipinski definition) is 1. The molecule has 0 bridgehead atoms. The van der Waals surface area contributed by atoms with Gasteiger partial charge in [-0.2, -0.15) is 0 Å². The topological polar surface area (TPSA) is 66.5 Å². The number of amides is 1. The molecule has 0 fully saturated rings. The van der Waals surface area contributed by atoms with Crippen LogP contribution < -0.4 is 9.62 Å². The predicted molar refractivity (Wildman–Crippen MR) is 134 cm³/mol. The van der Waals surface area contributed by atoms with Crippen LogP contribution in [0.2, 0.25) is 0 Å². The van der Waals surface area contributed by atoms with Crippen LogP contribution in [0.3, 0.4) is 0 Å². The van der Waals surface area contributed by atoms with Crippen LogP contribution in [-0.4, -0.2) is 21.4 Å². The molecule has 33 heavy (non-hydrogen) atoms. The Bertz CT molecular complexity index is 1210. The summed E-state index contributed by atoms with van der Waals surface area (Å²) in [6, 6.07) is 21.4. The molecule has 5 nitrogen and oxygen atoms in total. The average Bonchev–Trinajstić information content (AvgIpc) is 2.78. The van der Waals surface area contributed by atoms with E-state index in [1.807, 2.05) is 26.0 Å². The SMILES string of the molecule is Cc1ccc(S(=O)(=O)N(C)c2ccc(C(=O)N[C@H](C)c3ccc(C(C)(C)C)cc3)cc2)cc1. The van der Waals surface area contributed by atoms with E-state index in [2.05, 4.69) is 38.2 Å². The molecule has 1 N–H and O–H groups in total. The number of rotatable bonds is 6. The van der Waals surface area contributed by atoms with Gasteiger partial charge in [-0.1, -0.05) is 62.7 Å². The Morgan fingerprint density at radius 2 is 1.42 bits per heavy atom. The molecule has 0 aromatic heterocycles. The van der Waals surface area contributed by atoms with Gasteiger partial charge in [0.1, 0.15) is 0 Å². The van der Waals surface area contributed by atoms with Gasteiger partial charge in [0.2, 0.25) is 0 Å². The van der Waals surface area contributed by atoms with Crippen LogP contribution in [-0.2, 0) is 15.4 Å². The third-order valence-electron chi connectivity index (χ3n) is 5.80. The molecule has 0 aliphatic heterocycles. The minimum atomic E-state index is -3.68. The van der Waals surface area contributed by atoms with Crippen LogP contribution in [0.1, 0.15) is 60.8 Å². The van der Waals surface area contributed by atoms with E-state index in [-0.39, 0.29) is 22.3 Å². The van der Waals surface area contributed by atoms with Crippen molar-refractivity contribution in [3.63, 3.8) is 0 Å². The van der Waals surface area contributed by atoms with Gasteiger partial charge in [-0.25, -0.2) is 8.42 Å². The first-order valence-corrected chi connectivity index (χ1v) is 12.4. The summed E-state index contributed by atoms with van der Waals surface area (Å²) in [7, 11) is -2.17.